The molecule has 1 fully saturated rings. The van der Waals surface area contributed by atoms with Gasteiger partial charge in [0.05, 0.1) is 23.7 Å². The normalized spacial score (nSPS) is 24.6. The van der Waals surface area contributed by atoms with E-state index in [0.29, 0.717) is 5.69 Å². The Labute approximate surface area is 105 Å². The van der Waals surface area contributed by atoms with Gasteiger partial charge in [-0.3, -0.25) is 14.3 Å². The number of anilines is 1. The molecule has 6 heteroatoms. The molecular formula is C12H17N3O3. The Morgan fingerprint density at radius 3 is 2.61 bits per heavy atom. The summed E-state index contributed by atoms with van der Waals surface area (Å²) in [5.41, 5.74) is 0.130. The van der Waals surface area contributed by atoms with Gasteiger partial charge in [0, 0.05) is 12.7 Å². The Hall–Kier alpha value is -1.85. The Kier molecular flexibility index (Phi) is 2.88. The highest BCUT2D eigenvalue weighted by Gasteiger charge is 2.65. The van der Waals surface area contributed by atoms with Crippen molar-refractivity contribution in [2.75, 3.05) is 5.32 Å². The maximum absolute atomic E-state index is 12.0. The summed E-state index contributed by atoms with van der Waals surface area (Å²) in [4.78, 5) is 23.0. The van der Waals surface area contributed by atoms with E-state index in [9.17, 15) is 9.59 Å². The molecule has 6 nitrogen and oxygen atoms in total. The summed E-state index contributed by atoms with van der Waals surface area (Å²) >= 11 is 0. The molecular weight excluding hydrogens is 234 g/mol. The summed E-state index contributed by atoms with van der Waals surface area (Å²) < 4.78 is 1.70. The van der Waals surface area contributed by atoms with Crippen LogP contribution in [0.5, 0.6) is 0 Å². The number of nitrogens with zero attached hydrogens (tertiary/aromatic N) is 2. The third kappa shape index (κ3) is 1.98. The topological polar surface area (TPSA) is 84.2 Å². The van der Waals surface area contributed by atoms with Crippen molar-refractivity contribution in [2.24, 2.45) is 17.3 Å². The zero-order valence-electron chi connectivity index (χ0n) is 10.7. The molecule has 1 aliphatic carbocycles. The molecule has 1 aromatic heterocycles. The molecule has 0 bridgehead atoms. The van der Waals surface area contributed by atoms with Crippen molar-refractivity contribution in [3.05, 3.63) is 12.4 Å². The van der Waals surface area contributed by atoms with E-state index in [0.717, 1.165) is 6.54 Å². The molecule has 2 atom stereocenters. The largest absolute Gasteiger partial charge is 0.481 e. The average molecular weight is 251 g/mol. The van der Waals surface area contributed by atoms with Crippen LogP contribution in [-0.2, 0) is 16.1 Å². The van der Waals surface area contributed by atoms with Crippen molar-refractivity contribution in [1.82, 2.24) is 9.78 Å². The molecule has 2 rings (SSSR count). The molecule has 0 aliphatic heterocycles. The highest BCUT2D eigenvalue weighted by Crippen LogP contribution is 2.58. The molecule has 1 aromatic rings. The quantitative estimate of drug-likeness (QED) is 0.842. The monoisotopic (exact) mass is 251 g/mol. The van der Waals surface area contributed by atoms with Gasteiger partial charge >= 0.3 is 5.97 Å². The molecule has 98 valence electrons. The van der Waals surface area contributed by atoms with E-state index >= 15 is 0 Å². The standard InChI is InChI=1S/C12H17N3O3/c1-4-15-6-7(5-13-15)14-10(16)8-9(11(17)18)12(8,2)3/h5-6,8-9H,4H2,1-3H3,(H,14,16)(H,17,18). The van der Waals surface area contributed by atoms with E-state index in [-0.39, 0.29) is 5.91 Å². The smallest absolute Gasteiger partial charge is 0.307 e. The lowest BCUT2D eigenvalue weighted by molar-refractivity contribution is -0.140. The molecule has 1 heterocycles. The zero-order valence-corrected chi connectivity index (χ0v) is 10.7. The number of hydrogen-bond donors (Lipinski definition) is 2. The van der Waals surface area contributed by atoms with Crippen LogP contribution in [0.15, 0.2) is 12.4 Å². The van der Waals surface area contributed by atoms with Crippen LogP contribution in [0.4, 0.5) is 5.69 Å². The number of aryl methyl sites for hydroxylation is 1. The van der Waals surface area contributed by atoms with Gasteiger partial charge in [0.25, 0.3) is 0 Å². The van der Waals surface area contributed by atoms with Crippen LogP contribution < -0.4 is 5.32 Å². The van der Waals surface area contributed by atoms with Gasteiger partial charge in [-0.05, 0) is 12.3 Å². The minimum absolute atomic E-state index is 0.247. The van der Waals surface area contributed by atoms with Gasteiger partial charge in [-0.2, -0.15) is 5.10 Å². The molecule has 1 aliphatic rings. The molecule has 2 unspecified atom stereocenters. The second-order valence-electron chi connectivity index (χ2n) is 5.19. The minimum atomic E-state index is -0.913. The number of hydrogen-bond acceptors (Lipinski definition) is 3. The third-order valence-corrected chi connectivity index (χ3v) is 3.60. The number of rotatable bonds is 4. The molecule has 0 saturated heterocycles. The number of aromatic nitrogens is 2. The van der Waals surface area contributed by atoms with E-state index < -0.39 is 23.2 Å². The first-order valence-corrected chi connectivity index (χ1v) is 5.94. The highest BCUT2D eigenvalue weighted by atomic mass is 16.4. The Morgan fingerprint density at radius 2 is 2.17 bits per heavy atom. The van der Waals surface area contributed by atoms with Gasteiger partial charge in [-0.25, -0.2) is 0 Å². The van der Waals surface area contributed by atoms with Crippen molar-refractivity contribution in [3.63, 3.8) is 0 Å². The number of nitrogens with one attached hydrogen (secondary N) is 1. The maximum atomic E-state index is 12.0. The van der Waals surface area contributed by atoms with Gasteiger partial charge < -0.3 is 10.4 Å². The number of carbonyl (C=O) groups is 2. The summed E-state index contributed by atoms with van der Waals surface area (Å²) in [5, 5.41) is 15.8. The summed E-state index contributed by atoms with van der Waals surface area (Å²) in [7, 11) is 0. The first kappa shape index (κ1) is 12.6. The zero-order chi connectivity index (χ0) is 13.5. The minimum Gasteiger partial charge on any atom is -0.481 e. The second-order valence-corrected chi connectivity index (χ2v) is 5.19. The molecule has 1 amide bonds. The Bertz CT molecular complexity index is 493. The summed E-state index contributed by atoms with van der Waals surface area (Å²) in [6, 6.07) is 0. The number of aliphatic carboxylic acids is 1. The van der Waals surface area contributed by atoms with E-state index in [2.05, 4.69) is 10.4 Å². The maximum Gasteiger partial charge on any atom is 0.307 e. The van der Waals surface area contributed by atoms with Crippen molar-refractivity contribution >= 4 is 17.6 Å². The van der Waals surface area contributed by atoms with Gasteiger partial charge in [-0.1, -0.05) is 13.8 Å². The molecule has 1 saturated carbocycles. The van der Waals surface area contributed by atoms with Gasteiger partial charge in [-0.15, -0.1) is 0 Å². The van der Waals surface area contributed by atoms with Crippen LogP contribution in [0.2, 0.25) is 0 Å². The first-order valence-electron chi connectivity index (χ1n) is 5.94. The van der Waals surface area contributed by atoms with Crippen LogP contribution in [-0.4, -0.2) is 26.8 Å². The fourth-order valence-electron chi connectivity index (χ4n) is 2.41. The molecule has 0 radical (unpaired) electrons. The SMILES string of the molecule is CCn1cc(NC(=O)C2C(C(=O)O)C2(C)C)cn1. The van der Waals surface area contributed by atoms with E-state index in [1.54, 1.807) is 30.9 Å². The fourth-order valence-corrected chi connectivity index (χ4v) is 2.41. The molecule has 18 heavy (non-hydrogen) atoms. The Morgan fingerprint density at radius 1 is 1.50 bits per heavy atom. The molecule has 0 aromatic carbocycles. The van der Waals surface area contributed by atoms with Crippen molar-refractivity contribution in [2.45, 2.75) is 27.3 Å². The van der Waals surface area contributed by atoms with Gasteiger partial charge in [0.15, 0.2) is 0 Å². The number of carbonyl (C=O) groups excluding carboxylic acids is 1. The highest BCUT2D eigenvalue weighted by molar-refractivity contribution is 5.99. The summed E-state index contributed by atoms with van der Waals surface area (Å²) in [6.07, 6.45) is 3.29. The third-order valence-electron chi connectivity index (χ3n) is 3.60. The van der Waals surface area contributed by atoms with E-state index in [1.165, 1.54) is 0 Å². The summed E-state index contributed by atoms with van der Waals surface area (Å²) in [6.45, 7) is 6.27. The lowest BCUT2D eigenvalue weighted by Gasteiger charge is -2.02. The van der Waals surface area contributed by atoms with Crippen LogP contribution >= 0.6 is 0 Å². The number of carboxylic acids is 1. The van der Waals surface area contributed by atoms with Crippen LogP contribution in [0.1, 0.15) is 20.8 Å². The van der Waals surface area contributed by atoms with Crippen LogP contribution in [0.25, 0.3) is 0 Å². The first-order chi connectivity index (χ1) is 8.37. The fraction of sp³-hybridized carbons (Fsp3) is 0.583. The number of amides is 1. The Balaban J connectivity index is 2.03. The summed E-state index contributed by atoms with van der Waals surface area (Å²) in [5.74, 6) is -2.23. The molecule has 2 N–H and O–H groups in total. The van der Waals surface area contributed by atoms with Gasteiger partial charge in [0.1, 0.15) is 0 Å². The van der Waals surface area contributed by atoms with Crippen molar-refractivity contribution in [1.29, 1.82) is 0 Å². The van der Waals surface area contributed by atoms with Crippen LogP contribution in [0.3, 0.4) is 0 Å². The lowest BCUT2D eigenvalue weighted by atomic mass is 10.1. The lowest BCUT2D eigenvalue weighted by Crippen LogP contribution is -2.17. The van der Waals surface area contributed by atoms with Crippen molar-refractivity contribution in [3.8, 4) is 0 Å². The predicted octanol–water partition coefficient (Wildman–Crippen LogP) is 1.20. The number of carboxylic acid groups (broad SMARTS) is 1. The van der Waals surface area contributed by atoms with Gasteiger partial charge in [0.2, 0.25) is 5.91 Å². The van der Waals surface area contributed by atoms with Crippen LogP contribution in [0, 0.1) is 17.3 Å². The average Bonchev–Trinajstić information content (AvgIpc) is 2.67. The van der Waals surface area contributed by atoms with Crippen molar-refractivity contribution < 1.29 is 14.7 Å². The second kappa shape index (κ2) is 4.12. The van der Waals surface area contributed by atoms with E-state index in [4.69, 9.17) is 5.11 Å². The predicted molar refractivity (Wildman–Crippen MR) is 64.9 cm³/mol. The van der Waals surface area contributed by atoms with E-state index in [1.807, 2.05) is 6.92 Å². The molecule has 0 spiro atoms.